The number of rotatable bonds is 4. The molecule has 0 bridgehead atoms. The molecule has 0 aromatic rings. The number of carbonyl (C=O) groups is 2. The van der Waals surface area contributed by atoms with Crippen molar-refractivity contribution in [2.24, 2.45) is 0 Å². The normalized spacial score (nSPS) is 12.7. The van der Waals surface area contributed by atoms with Crippen LogP contribution in [0.15, 0.2) is 0 Å². The first kappa shape index (κ1) is 11.2. The van der Waals surface area contributed by atoms with Crippen molar-refractivity contribution < 1.29 is 34.1 Å². The van der Waals surface area contributed by atoms with Crippen molar-refractivity contribution in [1.29, 1.82) is 0 Å². The molecule has 0 radical (unpaired) electrons. The van der Waals surface area contributed by atoms with E-state index in [1.807, 2.05) is 0 Å². The Kier molecular flexibility index (Phi) is 4.68. The zero-order chi connectivity index (χ0) is 9.72. The number of hydrogen-bond donors (Lipinski definition) is 4. The fraction of sp³-hybridized carbons (Fsp3) is 0.500. The molecule has 0 fully saturated rings. The number of carbonyl (C=O) groups excluding carboxylic acids is 1. The van der Waals surface area contributed by atoms with Gasteiger partial charge in [-0.25, -0.2) is 4.79 Å². The van der Waals surface area contributed by atoms with Crippen LogP contribution in [0.4, 0.5) is 0 Å². The third kappa shape index (κ3) is 4.97. The average Bonchev–Trinajstić information content (AvgIpc) is 1.84. The minimum absolute atomic E-state index is 0.810. The number of aliphatic hydroxyl groups excluding tert-OH is 1. The largest absolute Gasteiger partial charge is 0.479 e. The number of hydrogen-bond acceptors (Lipinski definition) is 6. The van der Waals surface area contributed by atoms with Crippen LogP contribution in [-0.2, 0) is 14.1 Å². The van der Waals surface area contributed by atoms with E-state index in [9.17, 15) is 9.59 Å². The summed E-state index contributed by atoms with van der Waals surface area (Å²) in [6.07, 6.45) is -2.69. The van der Waals surface area contributed by atoms with E-state index >= 15 is 0 Å². The quantitative estimate of drug-likeness (QED) is 0.408. The Balaban J connectivity index is 3.77. The first-order valence-electron chi connectivity index (χ1n) is 2.73. The van der Waals surface area contributed by atoms with E-state index < -0.39 is 33.1 Å². The summed E-state index contributed by atoms with van der Waals surface area (Å²) in [6.45, 7) is 0. The molecule has 12 heavy (non-hydrogen) atoms. The summed E-state index contributed by atoms with van der Waals surface area (Å²) >= 11 is 0. The predicted octanol–water partition coefficient (Wildman–Crippen LogP) is -1.42. The van der Waals surface area contributed by atoms with Crippen molar-refractivity contribution in [1.82, 2.24) is 0 Å². The molecule has 0 spiro atoms. The highest BCUT2D eigenvalue weighted by Crippen LogP contribution is 2.25. The molecule has 0 aromatic heterocycles. The lowest BCUT2D eigenvalue weighted by molar-refractivity contribution is -0.152. The minimum atomic E-state index is -2.84. The van der Waals surface area contributed by atoms with Gasteiger partial charge in [0.2, 0.25) is 0 Å². The molecule has 8 heteroatoms. The third-order valence-electron chi connectivity index (χ3n) is 0.829. The summed E-state index contributed by atoms with van der Waals surface area (Å²) in [7, 11) is -2.84. The van der Waals surface area contributed by atoms with Gasteiger partial charge in [0.05, 0.1) is 6.42 Å². The van der Waals surface area contributed by atoms with Gasteiger partial charge in [0.1, 0.15) is 0 Å². The highest BCUT2D eigenvalue weighted by molar-refractivity contribution is 7.40. The number of aliphatic carboxylic acids is 1. The molecular weight excluding hydrogens is 191 g/mol. The second-order valence-electron chi connectivity index (χ2n) is 1.77. The molecule has 0 heterocycles. The SMILES string of the molecule is O=C(CC(O)C(=O)O)OP(O)O. The van der Waals surface area contributed by atoms with Gasteiger partial charge >= 0.3 is 20.5 Å². The first-order chi connectivity index (χ1) is 5.43. The molecule has 0 aliphatic heterocycles. The summed E-state index contributed by atoms with van der Waals surface area (Å²) in [4.78, 5) is 36.6. The molecule has 0 rings (SSSR count). The van der Waals surface area contributed by atoms with Crippen LogP contribution < -0.4 is 0 Å². The highest BCUT2D eigenvalue weighted by atomic mass is 31.2. The molecule has 0 aromatic carbocycles. The maximum atomic E-state index is 10.4. The van der Waals surface area contributed by atoms with Gasteiger partial charge < -0.3 is 24.5 Å². The Morgan fingerprint density at radius 1 is 1.42 bits per heavy atom. The number of carboxylic acid groups (broad SMARTS) is 1. The lowest BCUT2D eigenvalue weighted by Gasteiger charge is -2.05. The van der Waals surface area contributed by atoms with Gasteiger partial charge in [-0.2, -0.15) is 0 Å². The Labute approximate surface area is 68.2 Å². The summed E-state index contributed by atoms with van der Waals surface area (Å²) in [6, 6.07) is 0. The molecule has 0 saturated heterocycles. The Hall–Kier alpha value is -0.750. The molecule has 7 nitrogen and oxygen atoms in total. The van der Waals surface area contributed by atoms with Crippen LogP contribution in [0, 0.1) is 0 Å². The Bertz CT molecular complexity index is 178. The number of carboxylic acids is 1. The van der Waals surface area contributed by atoms with E-state index in [1.54, 1.807) is 0 Å². The molecule has 1 atom stereocenters. The van der Waals surface area contributed by atoms with E-state index in [4.69, 9.17) is 20.0 Å². The predicted molar refractivity (Wildman–Crippen MR) is 35.7 cm³/mol. The summed E-state index contributed by atoms with van der Waals surface area (Å²) in [5.74, 6) is -2.76. The van der Waals surface area contributed by atoms with E-state index in [0.717, 1.165) is 0 Å². The van der Waals surface area contributed by atoms with E-state index in [1.165, 1.54) is 0 Å². The fourth-order valence-electron chi connectivity index (χ4n) is 0.374. The summed E-state index contributed by atoms with van der Waals surface area (Å²) < 4.78 is 3.78. The Morgan fingerprint density at radius 2 is 1.92 bits per heavy atom. The second kappa shape index (κ2) is 5.00. The third-order valence-corrected chi connectivity index (χ3v) is 1.20. The summed E-state index contributed by atoms with van der Waals surface area (Å²) in [5.41, 5.74) is 0. The monoisotopic (exact) mass is 198 g/mol. The van der Waals surface area contributed by atoms with Crippen molar-refractivity contribution in [2.75, 3.05) is 0 Å². The topological polar surface area (TPSA) is 124 Å². The Morgan fingerprint density at radius 3 is 2.25 bits per heavy atom. The second-order valence-corrected chi connectivity index (χ2v) is 2.46. The van der Waals surface area contributed by atoms with Gasteiger partial charge in [0, 0.05) is 0 Å². The zero-order valence-electron chi connectivity index (χ0n) is 5.75. The average molecular weight is 198 g/mol. The minimum Gasteiger partial charge on any atom is -0.479 e. The standard InChI is InChI=1S/C4H7O7P/c5-2(4(7)8)1-3(6)11-12(9)10/h2,5,9-10H,1H2,(H,7,8). The van der Waals surface area contributed by atoms with Crippen molar-refractivity contribution in [3.05, 3.63) is 0 Å². The van der Waals surface area contributed by atoms with Gasteiger partial charge in [-0.05, 0) is 0 Å². The van der Waals surface area contributed by atoms with Crippen LogP contribution in [0.2, 0.25) is 0 Å². The van der Waals surface area contributed by atoms with Crippen LogP contribution in [0.1, 0.15) is 6.42 Å². The molecule has 0 saturated carbocycles. The van der Waals surface area contributed by atoms with Crippen LogP contribution in [0.5, 0.6) is 0 Å². The van der Waals surface area contributed by atoms with Gasteiger partial charge in [0.15, 0.2) is 6.10 Å². The summed E-state index contributed by atoms with van der Waals surface area (Å²) in [5, 5.41) is 16.6. The maximum Gasteiger partial charge on any atom is 0.393 e. The van der Waals surface area contributed by atoms with Crippen LogP contribution in [0.25, 0.3) is 0 Å². The van der Waals surface area contributed by atoms with E-state index in [-0.39, 0.29) is 0 Å². The van der Waals surface area contributed by atoms with Crippen molar-refractivity contribution in [3.63, 3.8) is 0 Å². The van der Waals surface area contributed by atoms with Crippen molar-refractivity contribution in [2.45, 2.75) is 12.5 Å². The van der Waals surface area contributed by atoms with Crippen LogP contribution >= 0.6 is 8.60 Å². The van der Waals surface area contributed by atoms with Gasteiger partial charge in [-0.1, -0.05) is 0 Å². The molecule has 1 unspecified atom stereocenters. The number of aliphatic hydroxyl groups is 1. The fourth-order valence-corrected chi connectivity index (χ4v) is 0.630. The first-order valence-corrected chi connectivity index (χ1v) is 3.89. The van der Waals surface area contributed by atoms with Crippen molar-refractivity contribution >= 4 is 20.5 Å². The molecular formula is C4H7O7P. The zero-order valence-corrected chi connectivity index (χ0v) is 6.64. The highest BCUT2D eigenvalue weighted by Gasteiger charge is 2.20. The van der Waals surface area contributed by atoms with Gasteiger partial charge in [-0.3, -0.25) is 4.79 Å². The molecule has 0 amide bonds. The van der Waals surface area contributed by atoms with Gasteiger partial charge in [-0.15, -0.1) is 0 Å². The van der Waals surface area contributed by atoms with Crippen LogP contribution in [0.3, 0.4) is 0 Å². The van der Waals surface area contributed by atoms with Crippen molar-refractivity contribution in [3.8, 4) is 0 Å². The van der Waals surface area contributed by atoms with E-state index in [0.29, 0.717) is 0 Å². The molecule has 0 aliphatic carbocycles. The molecule has 0 aliphatic rings. The van der Waals surface area contributed by atoms with Crippen LogP contribution in [-0.4, -0.2) is 38.0 Å². The van der Waals surface area contributed by atoms with E-state index in [2.05, 4.69) is 4.52 Å². The molecule has 4 N–H and O–H groups in total. The lowest BCUT2D eigenvalue weighted by Crippen LogP contribution is -2.23. The smallest absolute Gasteiger partial charge is 0.393 e. The van der Waals surface area contributed by atoms with Gasteiger partial charge in [0.25, 0.3) is 0 Å². The lowest BCUT2D eigenvalue weighted by atomic mass is 10.3. The molecule has 70 valence electrons. The maximum absolute atomic E-state index is 10.4.